The second kappa shape index (κ2) is 11.6. The van der Waals surface area contributed by atoms with E-state index >= 15 is 0 Å². The summed E-state index contributed by atoms with van der Waals surface area (Å²) in [7, 11) is 0. The molecule has 5 nitrogen and oxygen atoms in total. The number of para-hydroxylation sites is 2. The van der Waals surface area contributed by atoms with E-state index in [4.69, 9.17) is 9.84 Å². The van der Waals surface area contributed by atoms with Gasteiger partial charge in [0, 0.05) is 19.6 Å². The molecule has 1 atom stereocenters. The van der Waals surface area contributed by atoms with Crippen LogP contribution < -0.4 is 4.74 Å². The molecule has 4 rings (SSSR count). The molecule has 0 amide bonds. The van der Waals surface area contributed by atoms with Crippen LogP contribution in [0.15, 0.2) is 67.3 Å². The molecule has 0 saturated heterocycles. The van der Waals surface area contributed by atoms with Gasteiger partial charge < -0.3 is 9.84 Å². The standard InChI is InChI=1S/C29H36FN3O2/c1-4-5-13-24(34)19-32(18-22-16-17-22)20-25-28(21(2)3)31-33(23-11-7-6-8-12-23)29(25)35-27-15-10-9-14-26(27)30/h4,6-12,14-15,21-22,24,34H,1,5,13,16-20H2,2-3H3. The summed E-state index contributed by atoms with van der Waals surface area (Å²) in [5, 5.41) is 15.6. The van der Waals surface area contributed by atoms with Gasteiger partial charge in [0.05, 0.1) is 23.0 Å². The molecule has 35 heavy (non-hydrogen) atoms. The summed E-state index contributed by atoms with van der Waals surface area (Å²) in [6.45, 7) is 10.1. The predicted octanol–water partition coefficient (Wildman–Crippen LogP) is 6.47. The van der Waals surface area contributed by atoms with Crippen LogP contribution in [0.3, 0.4) is 0 Å². The Labute approximate surface area is 207 Å². The van der Waals surface area contributed by atoms with Crippen molar-refractivity contribution in [1.82, 2.24) is 14.7 Å². The lowest BCUT2D eigenvalue weighted by Crippen LogP contribution is -2.34. The van der Waals surface area contributed by atoms with E-state index < -0.39 is 11.9 Å². The third-order valence-corrected chi connectivity index (χ3v) is 6.33. The zero-order valence-electron chi connectivity index (χ0n) is 20.7. The maximum Gasteiger partial charge on any atom is 0.227 e. The third-order valence-electron chi connectivity index (χ3n) is 6.33. The summed E-state index contributed by atoms with van der Waals surface area (Å²) in [5.74, 6) is 1.07. The molecule has 1 aromatic heterocycles. The van der Waals surface area contributed by atoms with E-state index in [9.17, 15) is 9.50 Å². The molecule has 186 valence electrons. The van der Waals surface area contributed by atoms with E-state index in [1.165, 1.54) is 18.9 Å². The minimum Gasteiger partial charge on any atom is -0.435 e. The predicted molar refractivity (Wildman–Crippen MR) is 138 cm³/mol. The number of aliphatic hydroxyl groups is 1. The van der Waals surface area contributed by atoms with Crippen molar-refractivity contribution in [1.29, 1.82) is 0 Å². The Morgan fingerprint density at radius 1 is 1.17 bits per heavy atom. The van der Waals surface area contributed by atoms with Gasteiger partial charge in [0.1, 0.15) is 0 Å². The molecule has 1 aliphatic carbocycles. The summed E-state index contributed by atoms with van der Waals surface area (Å²) < 4.78 is 22.7. The van der Waals surface area contributed by atoms with Gasteiger partial charge in [0.25, 0.3) is 0 Å². The van der Waals surface area contributed by atoms with E-state index in [1.807, 2.05) is 36.4 Å². The van der Waals surface area contributed by atoms with Crippen LogP contribution in [0.5, 0.6) is 11.6 Å². The Kier molecular flexibility index (Phi) is 8.37. The highest BCUT2D eigenvalue weighted by atomic mass is 19.1. The Bertz CT molecular complexity index is 1110. The maximum atomic E-state index is 14.6. The first kappa shape index (κ1) is 25.1. The molecule has 1 aliphatic rings. The summed E-state index contributed by atoms with van der Waals surface area (Å²) in [6.07, 6.45) is 5.31. The van der Waals surface area contributed by atoms with Crippen molar-refractivity contribution in [2.75, 3.05) is 13.1 Å². The van der Waals surface area contributed by atoms with Crippen molar-refractivity contribution >= 4 is 0 Å². The molecule has 1 unspecified atom stereocenters. The van der Waals surface area contributed by atoms with Crippen molar-refractivity contribution in [3.63, 3.8) is 0 Å². The monoisotopic (exact) mass is 477 g/mol. The largest absolute Gasteiger partial charge is 0.435 e. The number of hydrogen-bond donors (Lipinski definition) is 1. The first-order valence-electron chi connectivity index (χ1n) is 12.6. The molecule has 1 heterocycles. The Balaban J connectivity index is 1.74. The molecular formula is C29H36FN3O2. The molecule has 0 bridgehead atoms. The smallest absolute Gasteiger partial charge is 0.227 e. The van der Waals surface area contributed by atoms with Gasteiger partial charge in [-0.05, 0) is 61.8 Å². The van der Waals surface area contributed by atoms with Crippen LogP contribution in [0.2, 0.25) is 0 Å². The topological polar surface area (TPSA) is 50.5 Å². The van der Waals surface area contributed by atoms with E-state index in [-0.39, 0.29) is 11.7 Å². The summed E-state index contributed by atoms with van der Waals surface area (Å²) >= 11 is 0. The number of halogens is 1. The number of nitrogens with zero attached hydrogens (tertiary/aromatic N) is 3. The van der Waals surface area contributed by atoms with Crippen LogP contribution in [0.4, 0.5) is 4.39 Å². The van der Waals surface area contributed by atoms with Crippen LogP contribution in [-0.2, 0) is 6.54 Å². The fourth-order valence-electron chi connectivity index (χ4n) is 4.34. The highest BCUT2D eigenvalue weighted by Gasteiger charge is 2.29. The van der Waals surface area contributed by atoms with Crippen LogP contribution >= 0.6 is 0 Å². The van der Waals surface area contributed by atoms with Crippen molar-refractivity contribution in [2.45, 2.75) is 58.1 Å². The van der Waals surface area contributed by atoms with Crippen LogP contribution in [0, 0.1) is 11.7 Å². The number of rotatable bonds is 13. The molecule has 1 N–H and O–H groups in total. The number of aliphatic hydroxyl groups excluding tert-OH is 1. The average molecular weight is 478 g/mol. The number of benzene rings is 2. The van der Waals surface area contributed by atoms with Crippen molar-refractivity contribution in [2.24, 2.45) is 5.92 Å². The molecule has 1 fully saturated rings. The van der Waals surface area contributed by atoms with E-state index in [0.717, 1.165) is 29.9 Å². The molecule has 0 spiro atoms. The van der Waals surface area contributed by atoms with E-state index in [0.29, 0.717) is 31.3 Å². The second-order valence-corrected chi connectivity index (χ2v) is 9.76. The fourth-order valence-corrected chi connectivity index (χ4v) is 4.34. The molecule has 2 aromatic carbocycles. The highest BCUT2D eigenvalue weighted by Crippen LogP contribution is 2.37. The molecule has 6 heteroatoms. The average Bonchev–Trinajstić information content (AvgIpc) is 3.59. The maximum absolute atomic E-state index is 14.6. The third kappa shape index (κ3) is 6.59. The van der Waals surface area contributed by atoms with E-state index in [2.05, 4.69) is 25.3 Å². The second-order valence-electron chi connectivity index (χ2n) is 9.76. The molecular weight excluding hydrogens is 441 g/mol. The zero-order valence-corrected chi connectivity index (χ0v) is 20.7. The Morgan fingerprint density at radius 3 is 2.54 bits per heavy atom. The Morgan fingerprint density at radius 2 is 1.89 bits per heavy atom. The quantitative estimate of drug-likeness (QED) is 0.287. The van der Waals surface area contributed by atoms with Gasteiger partial charge in [-0.25, -0.2) is 9.07 Å². The normalized spacial score (nSPS) is 14.5. The molecule has 0 aliphatic heterocycles. The van der Waals surface area contributed by atoms with Gasteiger partial charge in [-0.2, -0.15) is 5.10 Å². The first-order valence-corrected chi connectivity index (χ1v) is 12.6. The SMILES string of the molecule is C=CCCC(O)CN(Cc1c(C(C)C)nn(-c2ccccc2)c1Oc1ccccc1F)CC1CC1. The summed E-state index contributed by atoms with van der Waals surface area (Å²) in [6, 6.07) is 16.2. The lowest BCUT2D eigenvalue weighted by Gasteiger charge is -2.26. The van der Waals surface area contributed by atoms with Crippen LogP contribution in [-0.4, -0.2) is 39.0 Å². The zero-order chi connectivity index (χ0) is 24.8. The molecule has 0 radical (unpaired) electrons. The molecule has 3 aromatic rings. The summed E-state index contributed by atoms with van der Waals surface area (Å²) in [4.78, 5) is 2.30. The van der Waals surface area contributed by atoms with Gasteiger partial charge in [-0.1, -0.05) is 50.3 Å². The van der Waals surface area contributed by atoms with Gasteiger partial charge in [-0.15, -0.1) is 6.58 Å². The van der Waals surface area contributed by atoms with Crippen molar-refractivity contribution in [3.8, 4) is 17.3 Å². The minimum absolute atomic E-state index is 0.145. The lowest BCUT2D eigenvalue weighted by atomic mass is 10.0. The number of aromatic nitrogens is 2. The molecule has 1 saturated carbocycles. The van der Waals surface area contributed by atoms with Gasteiger partial charge in [-0.3, -0.25) is 4.90 Å². The van der Waals surface area contributed by atoms with Gasteiger partial charge >= 0.3 is 0 Å². The van der Waals surface area contributed by atoms with Crippen molar-refractivity contribution < 1.29 is 14.2 Å². The van der Waals surface area contributed by atoms with Gasteiger partial charge in [0.15, 0.2) is 11.6 Å². The van der Waals surface area contributed by atoms with Crippen LogP contribution in [0.25, 0.3) is 5.69 Å². The number of hydrogen-bond acceptors (Lipinski definition) is 4. The van der Waals surface area contributed by atoms with Gasteiger partial charge in [0.2, 0.25) is 5.88 Å². The van der Waals surface area contributed by atoms with E-state index in [1.54, 1.807) is 22.9 Å². The Hall–Kier alpha value is -2.96. The number of allylic oxidation sites excluding steroid dienone is 1. The minimum atomic E-state index is -0.436. The first-order chi connectivity index (χ1) is 17.0. The summed E-state index contributed by atoms with van der Waals surface area (Å²) in [5.41, 5.74) is 2.71. The lowest BCUT2D eigenvalue weighted by molar-refractivity contribution is 0.0990. The fraction of sp³-hybridized carbons (Fsp3) is 0.414. The highest BCUT2D eigenvalue weighted by molar-refractivity contribution is 5.44. The van der Waals surface area contributed by atoms with Crippen molar-refractivity contribution in [3.05, 3.63) is 84.3 Å². The number of ether oxygens (including phenoxy) is 1. The van der Waals surface area contributed by atoms with Crippen LogP contribution in [0.1, 0.15) is 56.7 Å².